The fourth-order valence-corrected chi connectivity index (χ4v) is 0.841. The molecule has 0 atom stereocenters. The molecular formula is C8H9N3O. The van der Waals surface area contributed by atoms with Gasteiger partial charge in [-0.1, -0.05) is 23.9 Å². The monoisotopic (exact) mass is 163 g/mol. The molecule has 3 N–H and O–H groups in total. The maximum atomic E-state index is 9.30. The zero-order valence-electron chi connectivity index (χ0n) is 6.44. The second kappa shape index (κ2) is 3.52. The standard InChI is InChI=1S/C8H9N3O/c1-6(10-11-9)7-4-2-3-5-8(7)12/h2-5,12H,1H2,(H2,9,10). The van der Waals surface area contributed by atoms with Crippen LogP contribution in [0.3, 0.4) is 0 Å². The summed E-state index contributed by atoms with van der Waals surface area (Å²) in [6.45, 7) is 3.58. The van der Waals surface area contributed by atoms with Gasteiger partial charge in [-0.25, -0.2) is 0 Å². The molecule has 0 bridgehead atoms. The number of nitrogens with two attached hydrogens (primary N) is 1. The van der Waals surface area contributed by atoms with Gasteiger partial charge >= 0.3 is 0 Å². The van der Waals surface area contributed by atoms with Crippen LogP contribution in [-0.2, 0) is 0 Å². The van der Waals surface area contributed by atoms with Gasteiger partial charge in [-0.15, -0.1) is 5.11 Å². The Morgan fingerprint density at radius 1 is 1.42 bits per heavy atom. The molecule has 4 heteroatoms. The van der Waals surface area contributed by atoms with Crippen LogP contribution in [-0.4, -0.2) is 5.11 Å². The van der Waals surface area contributed by atoms with E-state index in [0.717, 1.165) is 0 Å². The van der Waals surface area contributed by atoms with Crippen LogP contribution in [0.5, 0.6) is 5.75 Å². The summed E-state index contributed by atoms with van der Waals surface area (Å²) in [5.74, 6) is 4.95. The van der Waals surface area contributed by atoms with Crippen molar-refractivity contribution in [1.29, 1.82) is 0 Å². The van der Waals surface area contributed by atoms with Gasteiger partial charge in [0.15, 0.2) is 0 Å². The summed E-state index contributed by atoms with van der Waals surface area (Å²) in [5.41, 5.74) is 0.877. The number of phenols is 1. The van der Waals surface area contributed by atoms with Crippen molar-refractivity contribution in [2.45, 2.75) is 0 Å². The minimum absolute atomic E-state index is 0.120. The van der Waals surface area contributed by atoms with E-state index in [1.807, 2.05) is 0 Å². The molecular weight excluding hydrogens is 154 g/mol. The summed E-state index contributed by atoms with van der Waals surface area (Å²) in [6, 6.07) is 6.72. The molecule has 0 saturated heterocycles. The fourth-order valence-electron chi connectivity index (χ4n) is 0.841. The average molecular weight is 163 g/mol. The lowest BCUT2D eigenvalue weighted by Crippen LogP contribution is -1.81. The minimum atomic E-state index is 0.120. The van der Waals surface area contributed by atoms with E-state index in [4.69, 9.17) is 5.84 Å². The number of benzene rings is 1. The summed E-state index contributed by atoms with van der Waals surface area (Å²) in [7, 11) is 0. The van der Waals surface area contributed by atoms with Crippen LogP contribution in [0.15, 0.2) is 41.2 Å². The first-order valence-corrected chi connectivity index (χ1v) is 3.34. The smallest absolute Gasteiger partial charge is 0.125 e. The van der Waals surface area contributed by atoms with Crippen LogP contribution in [0.1, 0.15) is 5.56 Å². The van der Waals surface area contributed by atoms with E-state index < -0.39 is 0 Å². The quantitative estimate of drug-likeness (QED) is 0.395. The van der Waals surface area contributed by atoms with Gasteiger partial charge in [0.2, 0.25) is 0 Å². The van der Waals surface area contributed by atoms with E-state index in [2.05, 4.69) is 16.9 Å². The molecule has 0 aliphatic rings. The first-order valence-electron chi connectivity index (χ1n) is 3.34. The molecule has 12 heavy (non-hydrogen) atoms. The van der Waals surface area contributed by atoms with E-state index in [0.29, 0.717) is 11.3 Å². The zero-order valence-corrected chi connectivity index (χ0v) is 6.44. The summed E-state index contributed by atoms with van der Waals surface area (Å²) >= 11 is 0. The van der Waals surface area contributed by atoms with Crippen molar-refractivity contribution in [3.8, 4) is 5.75 Å². The Morgan fingerprint density at radius 2 is 2.08 bits per heavy atom. The zero-order chi connectivity index (χ0) is 8.97. The van der Waals surface area contributed by atoms with E-state index in [1.54, 1.807) is 24.3 Å². The normalized spacial score (nSPS) is 10.3. The Bertz CT molecular complexity index is 320. The third-order valence-corrected chi connectivity index (χ3v) is 1.39. The number of nitrogens with zero attached hydrogens (tertiary/aromatic N) is 2. The molecule has 1 rings (SSSR count). The lowest BCUT2D eigenvalue weighted by atomic mass is 10.1. The molecule has 1 aromatic carbocycles. The number of aromatic hydroxyl groups is 1. The third-order valence-electron chi connectivity index (χ3n) is 1.39. The highest BCUT2D eigenvalue weighted by atomic mass is 16.3. The number of phenolic OH excluding ortho intramolecular Hbond substituents is 1. The van der Waals surface area contributed by atoms with Crippen molar-refractivity contribution in [2.75, 3.05) is 0 Å². The second-order valence-corrected chi connectivity index (χ2v) is 2.18. The van der Waals surface area contributed by atoms with Gasteiger partial charge in [-0.3, -0.25) is 0 Å². The van der Waals surface area contributed by atoms with Crippen LogP contribution in [0.25, 0.3) is 5.70 Å². The Balaban J connectivity index is 3.03. The van der Waals surface area contributed by atoms with Gasteiger partial charge < -0.3 is 10.9 Å². The number of hydrogen-bond acceptors (Lipinski definition) is 3. The molecule has 0 amide bonds. The fraction of sp³-hybridized carbons (Fsp3) is 0. The van der Waals surface area contributed by atoms with Crippen molar-refractivity contribution in [1.82, 2.24) is 0 Å². The topological polar surface area (TPSA) is 71.0 Å². The van der Waals surface area contributed by atoms with Gasteiger partial charge in [0.05, 0.1) is 5.70 Å². The first kappa shape index (κ1) is 8.26. The molecule has 62 valence electrons. The molecule has 1 aromatic rings. The van der Waals surface area contributed by atoms with Crippen LogP contribution in [0, 0.1) is 0 Å². The highest BCUT2D eigenvalue weighted by Crippen LogP contribution is 2.23. The highest BCUT2D eigenvalue weighted by Gasteiger charge is 2.01. The Morgan fingerprint density at radius 3 is 2.67 bits per heavy atom. The van der Waals surface area contributed by atoms with Crippen molar-refractivity contribution in [2.24, 2.45) is 16.2 Å². The van der Waals surface area contributed by atoms with Gasteiger partial charge in [0.25, 0.3) is 0 Å². The molecule has 0 aliphatic heterocycles. The van der Waals surface area contributed by atoms with Crippen molar-refractivity contribution < 1.29 is 5.11 Å². The largest absolute Gasteiger partial charge is 0.507 e. The minimum Gasteiger partial charge on any atom is -0.507 e. The lowest BCUT2D eigenvalue weighted by molar-refractivity contribution is 0.473. The molecule has 0 aromatic heterocycles. The Kier molecular flexibility index (Phi) is 2.42. The van der Waals surface area contributed by atoms with Gasteiger partial charge in [-0.2, -0.15) is 0 Å². The maximum absolute atomic E-state index is 9.30. The predicted octanol–water partition coefficient (Wildman–Crippen LogP) is 1.69. The van der Waals surface area contributed by atoms with E-state index >= 15 is 0 Å². The second-order valence-electron chi connectivity index (χ2n) is 2.18. The summed E-state index contributed by atoms with van der Waals surface area (Å²) < 4.78 is 0. The number of rotatable bonds is 2. The summed E-state index contributed by atoms with van der Waals surface area (Å²) in [6.07, 6.45) is 0. The summed E-state index contributed by atoms with van der Waals surface area (Å²) in [5, 5.41) is 15.9. The SMILES string of the molecule is C=C(N=NN)c1ccccc1O. The van der Waals surface area contributed by atoms with Crippen molar-refractivity contribution in [3.05, 3.63) is 36.4 Å². The van der Waals surface area contributed by atoms with Gasteiger partial charge in [-0.05, 0) is 12.1 Å². The Labute approximate surface area is 70.0 Å². The molecule has 0 unspecified atom stereocenters. The van der Waals surface area contributed by atoms with Crippen LogP contribution in [0.2, 0.25) is 0 Å². The number of hydrogen-bond donors (Lipinski definition) is 2. The molecule has 4 nitrogen and oxygen atoms in total. The van der Waals surface area contributed by atoms with Crippen LogP contribution >= 0.6 is 0 Å². The molecule has 0 radical (unpaired) electrons. The number of para-hydroxylation sites is 1. The van der Waals surface area contributed by atoms with Crippen LogP contribution in [0.4, 0.5) is 0 Å². The predicted molar refractivity (Wildman–Crippen MR) is 46.2 cm³/mol. The Hall–Kier alpha value is -1.84. The third kappa shape index (κ3) is 1.60. The maximum Gasteiger partial charge on any atom is 0.125 e. The van der Waals surface area contributed by atoms with Crippen molar-refractivity contribution >= 4 is 5.70 Å². The lowest BCUT2D eigenvalue weighted by Gasteiger charge is -2.00. The molecule has 0 spiro atoms. The average Bonchev–Trinajstić information content (AvgIpc) is 2.05. The molecule has 0 aliphatic carbocycles. The van der Waals surface area contributed by atoms with Crippen LogP contribution < -0.4 is 5.84 Å². The van der Waals surface area contributed by atoms with Crippen molar-refractivity contribution in [3.63, 3.8) is 0 Å². The van der Waals surface area contributed by atoms with Gasteiger partial charge in [0, 0.05) is 5.56 Å². The molecule has 0 heterocycles. The molecule has 0 fully saturated rings. The van der Waals surface area contributed by atoms with E-state index in [1.165, 1.54) is 0 Å². The highest BCUT2D eigenvalue weighted by molar-refractivity contribution is 5.66. The van der Waals surface area contributed by atoms with Gasteiger partial charge in [0.1, 0.15) is 5.75 Å². The first-order chi connectivity index (χ1) is 5.75. The molecule has 0 saturated carbocycles. The van der Waals surface area contributed by atoms with E-state index in [9.17, 15) is 5.11 Å². The van der Waals surface area contributed by atoms with E-state index in [-0.39, 0.29) is 5.75 Å². The summed E-state index contributed by atoms with van der Waals surface area (Å²) in [4.78, 5) is 0.